The van der Waals surface area contributed by atoms with Crippen LogP contribution < -0.4 is 0 Å². The number of carbonyl (C=O) groups excluding carboxylic acids is 1. The second kappa shape index (κ2) is 7.44. The smallest absolute Gasteiger partial charge is 0.249 e. The summed E-state index contributed by atoms with van der Waals surface area (Å²) in [5, 5.41) is 0. The molecule has 3 heterocycles. The van der Waals surface area contributed by atoms with Gasteiger partial charge in [0.05, 0.1) is 17.6 Å². The lowest BCUT2D eigenvalue weighted by Crippen LogP contribution is -2.58. The molecule has 1 saturated heterocycles. The van der Waals surface area contributed by atoms with Crippen molar-refractivity contribution in [3.8, 4) is 0 Å². The fourth-order valence-corrected chi connectivity index (χ4v) is 4.70. The number of imidazole rings is 1. The van der Waals surface area contributed by atoms with E-state index in [0.717, 1.165) is 51.1 Å². The van der Waals surface area contributed by atoms with E-state index in [2.05, 4.69) is 46.1 Å². The SMILES string of the molecule is COCC(=O)N1CCc2[nH]cnc2C12CCN(Cc1cccc(C)c1)CC2. The maximum Gasteiger partial charge on any atom is 0.249 e. The van der Waals surface area contributed by atoms with E-state index < -0.39 is 0 Å². The van der Waals surface area contributed by atoms with Gasteiger partial charge < -0.3 is 14.6 Å². The fourth-order valence-electron chi connectivity index (χ4n) is 4.70. The number of aromatic nitrogens is 2. The lowest BCUT2D eigenvalue weighted by atomic mass is 9.78. The number of amides is 1. The topological polar surface area (TPSA) is 61.5 Å². The van der Waals surface area contributed by atoms with Crippen molar-refractivity contribution in [3.05, 3.63) is 53.1 Å². The quantitative estimate of drug-likeness (QED) is 0.899. The average Bonchev–Trinajstić information content (AvgIpc) is 3.14. The van der Waals surface area contributed by atoms with E-state index in [4.69, 9.17) is 4.74 Å². The third-order valence-electron chi connectivity index (χ3n) is 6.00. The first-order chi connectivity index (χ1) is 13.1. The number of likely N-dealkylation sites (tertiary alicyclic amines) is 1. The highest BCUT2D eigenvalue weighted by Gasteiger charge is 2.48. The zero-order valence-corrected chi connectivity index (χ0v) is 16.2. The number of H-pyrrole nitrogens is 1. The van der Waals surface area contributed by atoms with E-state index in [1.54, 1.807) is 13.4 Å². The van der Waals surface area contributed by atoms with E-state index in [1.165, 1.54) is 16.8 Å². The lowest BCUT2D eigenvalue weighted by molar-refractivity contribution is -0.146. The van der Waals surface area contributed by atoms with Crippen LogP contribution in [0.3, 0.4) is 0 Å². The van der Waals surface area contributed by atoms with Gasteiger partial charge in [-0.25, -0.2) is 4.98 Å². The van der Waals surface area contributed by atoms with Gasteiger partial charge in [0, 0.05) is 45.4 Å². The molecule has 0 radical (unpaired) electrons. The van der Waals surface area contributed by atoms with Crippen LogP contribution in [-0.4, -0.2) is 59.0 Å². The number of ether oxygens (including phenoxy) is 1. The molecule has 4 rings (SSSR count). The third-order valence-corrected chi connectivity index (χ3v) is 6.00. The van der Waals surface area contributed by atoms with Gasteiger partial charge in [0.2, 0.25) is 5.91 Å². The summed E-state index contributed by atoms with van der Waals surface area (Å²) in [5.74, 6) is 0.0679. The lowest BCUT2D eigenvalue weighted by Gasteiger charge is -2.50. The van der Waals surface area contributed by atoms with Crippen molar-refractivity contribution in [2.24, 2.45) is 0 Å². The minimum Gasteiger partial charge on any atom is -0.375 e. The van der Waals surface area contributed by atoms with Gasteiger partial charge in [-0.1, -0.05) is 29.8 Å². The molecule has 0 saturated carbocycles. The van der Waals surface area contributed by atoms with Crippen molar-refractivity contribution < 1.29 is 9.53 Å². The van der Waals surface area contributed by atoms with Gasteiger partial charge in [-0.15, -0.1) is 0 Å². The van der Waals surface area contributed by atoms with Crippen LogP contribution in [0.15, 0.2) is 30.6 Å². The molecule has 6 nitrogen and oxygen atoms in total. The van der Waals surface area contributed by atoms with E-state index >= 15 is 0 Å². The van der Waals surface area contributed by atoms with Crippen LogP contribution in [0.4, 0.5) is 0 Å². The second-order valence-electron chi connectivity index (χ2n) is 7.75. The summed E-state index contributed by atoms with van der Waals surface area (Å²) in [5.41, 5.74) is 4.59. The molecule has 0 aliphatic carbocycles. The predicted molar refractivity (Wildman–Crippen MR) is 103 cm³/mol. The zero-order valence-electron chi connectivity index (χ0n) is 16.2. The summed E-state index contributed by atoms with van der Waals surface area (Å²) >= 11 is 0. The van der Waals surface area contributed by atoms with E-state index in [1.807, 2.05) is 4.90 Å². The molecule has 2 aromatic rings. The summed E-state index contributed by atoms with van der Waals surface area (Å²) in [4.78, 5) is 25.2. The predicted octanol–water partition coefficient (Wildman–Crippen LogP) is 2.24. The number of nitrogens with zero attached hydrogens (tertiary/aromatic N) is 3. The highest BCUT2D eigenvalue weighted by Crippen LogP contribution is 2.42. The molecule has 2 aliphatic rings. The summed E-state index contributed by atoms with van der Waals surface area (Å²) in [6, 6.07) is 8.71. The number of rotatable bonds is 4. The minimum atomic E-state index is -0.299. The van der Waals surface area contributed by atoms with Gasteiger partial charge in [-0.3, -0.25) is 9.69 Å². The maximum absolute atomic E-state index is 12.8. The number of aromatic amines is 1. The van der Waals surface area contributed by atoms with Gasteiger partial charge in [-0.05, 0) is 25.3 Å². The molecule has 1 aromatic heterocycles. The Bertz CT molecular complexity index is 808. The normalized spacial score (nSPS) is 19.3. The number of aryl methyl sites for hydroxylation is 1. The molecular formula is C21H28N4O2. The monoisotopic (exact) mass is 368 g/mol. The highest BCUT2D eigenvalue weighted by atomic mass is 16.5. The van der Waals surface area contributed by atoms with Crippen molar-refractivity contribution >= 4 is 5.91 Å². The molecule has 6 heteroatoms. The molecule has 1 amide bonds. The molecule has 1 spiro atoms. The minimum absolute atomic E-state index is 0.0679. The standard InChI is InChI=1S/C21H28N4O2/c1-16-4-3-5-17(12-16)13-24-10-7-21(8-11-24)20-18(22-15-23-20)6-9-25(21)19(26)14-27-2/h3-5,12,15H,6-11,13-14H2,1-2H3,(H,22,23). The number of piperidine rings is 1. The zero-order chi connectivity index (χ0) is 18.9. The molecule has 1 aromatic carbocycles. The first-order valence-corrected chi connectivity index (χ1v) is 9.72. The Morgan fingerprint density at radius 2 is 2.11 bits per heavy atom. The molecule has 0 unspecified atom stereocenters. The van der Waals surface area contributed by atoms with Crippen molar-refractivity contribution in [3.63, 3.8) is 0 Å². The Kier molecular flexibility index (Phi) is 5.02. The van der Waals surface area contributed by atoms with Gasteiger partial charge in [0.1, 0.15) is 6.61 Å². The molecule has 1 fully saturated rings. The largest absolute Gasteiger partial charge is 0.375 e. The van der Waals surface area contributed by atoms with E-state index in [-0.39, 0.29) is 18.1 Å². The Balaban J connectivity index is 1.54. The third kappa shape index (κ3) is 3.39. The summed E-state index contributed by atoms with van der Waals surface area (Å²) in [6.45, 7) is 5.87. The first-order valence-electron chi connectivity index (χ1n) is 9.72. The van der Waals surface area contributed by atoms with Crippen LogP contribution in [0, 0.1) is 6.92 Å². The number of fused-ring (bicyclic) bond motifs is 2. The van der Waals surface area contributed by atoms with Crippen LogP contribution >= 0.6 is 0 Å². The molecule has 144 valence electrons. The van der Waals surface area contributed by atoms with Gasteiger partial charge in [0.15, 0.2) is 0 Å². The molecule has 27 heavy (non-hydrogen) atoms. The van der Waals surface area contributed by atoms with Crippen LogP contribution in [-0.2, 0) is 28.0 Å². The maximum atomic E-state index is 12.8. The Morgan fingerprint density at radius 3 is 2.85 bits per heavy atom. The Hall–Kier alpha value is -2.18. The number of hydrogen-bond donors (Lipinski definition) is 1. The van der Waals surface area contributed by atoms with Crippen molar-refractivity contribution in [2.45, 2.75) is 38.3 Å². The van der Waals surface area contributed by atoms with Gasteiger partial charge >= 0.3 is 0 Å². The number of benzene rings is 1. The summed E-state index contributed by atoms with van der Waals surface area (Å²) in [6.07, 6.45) is 4.42. The molecular weight excluding hydrogens is 340 g/mol. The molecule has 1 N–H and O–H groups in total. The van der Waals surface area contributed by atoms with E-state index in [0.29, 0.717) is 0 Å². The summed E-state index contributed by atoms with van der Waals surface area (Å²) < 4.78 is 5.14. The highest BCUT2D eigenvalue weighted by molar-refractivity contribution is 5.79. The molecule has 0 bridgehead atoms. The Morgan fingerprint density at radius 1 is 1.30 bits per heavy atom. The number of hydrogen-bond acceptors (Lipinski definition) is 4. The number of methoxy groups -OCH3 is 1. The van der Waals surface area contributed by atoms with Crippen molar-refractivity contribution in [2.75, 3.05) is 33.4 Å². The van der Waals surface area contributed by atoms with Crippen LogP contribution in [0.1, 0.15) is 35.4 Å². The Labute approximate surface area is 160 Å². The van der Waals surface area contributed by atoms with Crippen LogP contribution in [0.25, 0.3) is 0 Å². The average molecular weight is 368 g/mol. The van der Waals surface area contributed by atoms with E-state index in [9.17, 15) is 4.79 Å². The number of carbonyl (C=O) groups is 1. The van der Waals surface area contributed by atoms with Crippen molar-refractivity contribution in [1.29, 1.82) is 0 Å². The van der Waals surface area contributed by atoms with Crippen molar-refractivity contribution in [1.82, 2.24) is 19.8 Å². The molecule has 2 aliphatic heterocycles. The van der Waals surface area contributed by atoms with Crippen LogP contribution in [0.5, 0.6) is 0 Å². The number of nitrogens with one attached hydrogen (secondary N) is 1. The van der Waals surface area contributed by atoms with Gasteiger partial charge in [0.25, 0.3) is 0 Å². The molecule has 0 atom stereocenters. The van der Waals surface area contributed by atoms with Crippen LogP contribution in [0.2, 0.25) is 0 Å². The first kappa shape index (κ1) is 18.2. The second-order valence-corrected chi connectivity index (χ2v) is 7.75. The summed E-state index contributed by atoms with van der Waals surface area (Å²) in [7, 11) is 1.58. The van der Waals surface area contributed by atoms with Gasteiger partial charge in [-0.2, -0.15) is 0 Å². The fraction of sp³-hybridized carbons (Fsp3) is 0.524.